The third kappa shape index (κ3) is 4.67. The van der Waals surface area contributed by atoms with Crippen molar-refractivity contribution in [3.05, 3.63) is 39.2 Å². The number of carbonyl (C=O) groups excluding carboxylic acids is 1. The lowest BCUT2D eigenvalue weighted by atomic mass is 10.0. The van der Waals surface area contributed by atoms with E-state index in [1.807, 2.05) is 19.9 Å². The van der Waals surface area contributed by atoms with Crippen molar-refractivity contribution in [3.63, 3.8) is 0 Å². The van der Waals surface area contributed by atoms with E-state index in [-0.39, 0.29) is 12.0 Å². The van der Waals surface area contributed by atoms with E-state index in [2.05, 4.69) is 5.32 Å². The molecule has 0 bridgehead atoms. The van der Waals surface area contributed by atoms with Gasteiger partial charge in [-0.25, -0.2) is 9.59 Å². The lowest BCUT2D eigenvalue weighted by Gasteiger charge is -2.15. The highest BCUT2D eigenvalue weighted by Gasteiger charge is 2.22. The molecule has 0 saturated carbocycles. The summed E-state index contributed by atoms with van der Waals surface area (Å²) >= 11 is 0. The Labute approximate surface area is 157 Å². The molecule has 1 aromatic heterocycles. The Balaban J connectivity index is 2.35. The summed E-state index contributed by atoms with van der Waals surface area (Å²) in [7, 11) is 1.52. The van der Waals surface area contributed by atoms with Crippen LogP contribution in [0.15, 0.2) is 21.3 Å². The first kappa shape index (κ1) is 20.5. The maximum atomic E-state index is 12.4. The predicted octanol–water partition coefficient (Wildman–Crippen LogP) is 2.72. The number of aryl methyl sites for hydroxylation is 2. The summed E-state index contributed by atoms with van der Waals surface area (Å²) in [5, 5.41) is 12.4. The van der Waals surface area contributed by atoms with Crippen molar-refractivity contribution in [3.8, 4) is 5.75 Å². The second kappa shape index (κ2) is 8.70. The van der Waals surface area contributed by atoms with Crippen LogP contribution in [-0.2, 0) is 16.0 Å². The highest BCUT2D eigenvalue weighted by Crippen LogP contribution is 2.30. The number of amides is 1. The Bertz CT molecular complexity index is 915. The molecule has 146 valence electrons. The quantitative estimate of drug-likeness (QED) is 0.687. The number of carboxylic acids is 1. The fraction of sp³-hybridized carbons (Fsp3) is 0.450. The summed E-state index contributed by atoms with van der Waals surface area (Å²) in [6.45, 7) is 5.53. The number of benzene rings is 1. The van der Waals surface area contributed by atoms with Crippen LogP contribution in [0.1, 0.15) is 42.9 Å². The maximum Gasteiger partial charge on any atom is 0.340 e. The Hall–Kier alpha value is -2.83. The van der Waals surface area contributed by atoms with Crippen LogP contribution in [0.2, 0.25) is 0 Å². The van der Waals surface area contributed by atoms with E-state index in [0.717, 1.165) is 12.0 Å². The molecule has 0 radical (unpaired) electrons. The van der Waals surface area contributed by atoms with E-state index in [4.69, 9.17) is 9.15 Å². The normalized spacial score (nSPS) is 12.0. The summed E-state index contributed by atoms with van der Waals surface area (Å²) in [6.07, 6.45) is 1.60. The standard InChI is InChI=1S/C20H25NO6/c1-5-6-7-14(19(23)24)21-17(22)10-13-12(3)18-15(26-4)8-11(2)9-16(18)27-20(13)25/h8-9,14H,5-7,10H2,1-4H3,(H,21,22)(H,23,24)/t14-/m0/s1. The number of aliphatic carboxylic acids is 1. The first-order valence-electron chi connectivity index (χ1n) is 8.91. The van der Waals surface area contributed by atoms with Gasteiger partial charge in [0.25, 0.3) is 0 Å². The maximum absolute atomic E-state index is 12.4. The number of fused-ring (bicyclic) bond motifs is 1. The molecule has 0 aliphatic heterocycles. The Morgan fingerprint density at radius 3 is 2.59 bits per heavy atom. The number of unbranched alkanes of at least 4 members (excludes halogenated alkanes) is 1. The summed E-state index contributed by atoms with van der Waals surface area (Å²) < 4.78 is 10.8. The molecule has 7 heteroatoms. The highest BCUT2D eigenvalue weighted by molar-refractivity contribution is 5.90. The lowest BCUT2D eigenvalue weighted by molar-refractivity contribution is -0.142. The van der Waals surface area contributed by atoms with Gasteiger partial charge >= 0.3 is 11.6 Å². The molecule has 2 aromatic rings. The molecule has 27 heavy (non-hydrogen) atoms. The van der Waals surface area contributed by atoms with E-state index in [1.54, 1.807) is 13.0 Å². The van der Waals surface area contributed by atoms with Gasteiger partial charge in [-0.15, -0.1) is 0 Å². The third-order valence-corrected chi connectivity index (χ3v) is 4.52. The van der Waals surface area contributed by atoms with Gasteiger partial charge in [0.05, 0.1) is 24.5 Å². The zero-order valence-electron chi connectivity index (χ0n) is 16.0. The fourth-order valence-electron chi connectivity index (χ4n) is 3.07. The number of nitrogens with one attached hydrogen (secondary N) is 1. The van der Waals surface area contributed by atoms with Crippen molar-refractivity contribution in [2.45, 2.75) is 52.5 Å². The predicted molar refractivity (Wildman–Crippen MR) is 101 cm³/mol. The van der Waals surface area contributed by atoms with Crippen LogP contribution in [0, 0.1) is 13.8 Å². The van der Waals surface area contributed by atoms with Crippen LogP contribution in [0.25, 0.3) is 11.0 Å². The fourth-order valence-corrected chi connectivity index (χ4v) is 3.07. The van der Waals surface area contributed by atoms with Gasteiger partial charge in [0, 0.05) is 0 Å². The molecular weight excluding hydrogens is 350 g/mol. The van der Waals surface area contributed by atoms with Crippen molar-refractivity contribution < 1.29 is 23.8 Å². The molecule has 0 unspecified atom stereocenters. The minimum atomic E-state index is -1.09. The third-order valence-electron chi connectivity index (χ3n) is 4.52. The van der Waals surface area contributed by atoms with Gasteiger partial charge in [0.2, 0.25) is 5.91 Å². The van der Waals surface area contributed by atoms with Crippen molar-refractivity contribution in [1.82, 2.24) is 5.32 Å². The second-order valence-corrected chi connectivity index (χ2v) is 6.61. The number of rotatable bonds is 8. The average Bonchev–Trinajstić information content (AvgIpc) is 2.60. The van der Waals surface area contributed by atoms with Gasteiger partial charge in [0.1, 0.15) is 17.4 Å². The van der Waals surface area contributed by atoms with Gasteiger partial charge in [0.15, 0.2) is 0 Å². The van der Waals surface area contributed by atoms with E-state index < -0.39 is 23.5 Å². The molecule has 0 saturated heterocycles. The first-order valence-corrected chi connectivity index (χ1v) is 8.91. The van der Waals surface area contributed by atoms with Gasteiger partial charge in [-0.1, -0.05) is 19.8 Å². The summed E-state index contributed by atoms with van der Waals surface area (Å²) in [5.41, 5.74) is 1.45. The molecule has 2 rings (SSSR count). The van der Waals surface area contributed by atoms with Gasteiger partial charge < -0.3 is 19.6 Å². The SMILES string of the molecule is CCCC[C@H](NC(=O)Cc1c(C)c2c(OC)cc(C)cc2oc1=O)C(=O)O. The highest BCUT2D eigenvalue weighted by atomic mass is 16.5. The van der Waals surface area contributed by atoms with Crippen molar-refractivity contribution in [2.24, 2.45) is 0 Å². The lowest BCUT2D eigenvalue weighted by Crippen LogP contribution is -2.42. The van der Waals surface area contributed by atoms with Crippen LogP contribution in [-0.4, -0.2) is 30.1 Å². The largest absolute Gasteiger partial charge is 0.496 e. The number of carbonyl (C=O) groups is 2. The minimum Gasteiger partial charge on any atom is -0.496 e. The molecule has 1 heterocycles. The molecule has 0 fully saturated rings. The van der Waals surface area contributed by atoms with E-state index >= 15 is 0 Å². The smallest absolute Gasteiger partial charge is 0.340 e. The van der Waals surface area contributed by atoms with Crippen LogP contribution < -0.4 is 15.7 Å². The van der Waals surface area contributed by atoms with E-state index in [9.17, 15) is 19.5 Å². The molecule has 1 amide bonds. The topological polar surface area (TPSA) is 106 Å². The van der Waals surface area contributed by atoms with Gasteiger partial charge in [-0.05, 0) is 43.5 Å². The molecular formula is C20H25NO6. The first-order chi connectivity index (χ1) is 12.8. The Morgan fingerprint density at radius 1 is 1.30 bits per heavy atom. The van der Waals surface area contributed by atoms with Crippen LogP contribution >= 0.6 is 0 Å². The average molecular weight is 375 g/mol. The van der Waals surface area contributed by atoms with Crippen molar-refractivity contribution in [2.75, 3.05) is 7.11 Å². The monoisotopic (exact) mass is 375 g/mol. The molecule has 1 atom stereocenters. The van der Waals surface area contributed by atoms with E-state index in [1.165, 1.54) is 7.11 Å². The number of methoxy groups -OCH3 is 1. The number of hydrogen-bond donors (Lipinski definition) is 2. The van der Waals surface area contributed by atoms with Crippen LogP contribution in [0.3, 0.4) is 0 Å². The molecule has 1 aromatic carbocycles. The summed E-state index contributed by atoms with van der Waals surface area (Å²) in [5.74, 6) is -1.06. The van der Waals surface area contributed by atoms with Crippen molar-refractivity contribution >= 4 is 22.8 Å². The zero-order chi connectivity index (χ0) is 20.1. The number of carboxylic acid groups (broad SMARTS) is 1. The molecule has 0 aliphatic rings. The molecule has 7 nitrogen and oxygen atoms in total. The molecule has 0 aliphatic carbocycles. The van der Waals surface area contributed by atoms with Crippen LogP contribution in [0.4, 0.5) is 0 Å². The minimum absolute atomic E-state index is 0.196. The summed E-state index contributed by atoms with van der Waals surface area (Å²) in [6, 6.07) is 2.59. The van der Waals surface area contributed by atoms with Crippen LogP contribution in [0.5, 0.6) is 5.75 Å². The molecule has 2 N–H and O–H groups in total. The number of ether oxygens (including phenoxy) is 1. The zero-order valence-corrected chi connectivity index (χ0v) is 16.0. The van der Waals surface area contributed by atoms with Gasteiger partial charge in [-0.2, -0.15) is 0 Å². The van der Waals surface area contributed by atoms with Crippen molar-refractivity contribution in [1.29, 1.82) is 0 Å². The van der Waals surface area contributed by atoms with E-state index in [0.29, 0.717) is 35.1 Å². The summed E-state index contributed by atoms with van der Waals surface area (Å²) in [4.78, 5) is 36.0. The molecule has 0 spiro atoms. The Kier molecular flexibility index (Phi) is 6.60. The number of hydrogen-bond acceptors (Lipinski definition) is 5. The second-order valence-electron chi connectivity index (χ2n) is 6.61. The Morgan fingerprint density at radius 2 is 2.00 bits per heavy atom. The van der Waals surface area contributed by atoms with Gasteiger partial charge in [-0.3, -0.25) is 4.79 Å².